The molecule has 0 aromatic heterocycles. The van der Waals surface area contributed by atoms with Gasteiger partial charge in [-0.25, -0.2) is 0 Å². The van der Waals surface area contributed by atoms with Crippen molar-refractivity contribution in [2.45, 2.75) is 52.0 Å². The van der Waals surface area contributed by atoms with Crippen LogP contribution in [-0.2, 0) is 0 Å². The Labute approximate surface area is 127 Å². The second-order valence-corrected chi connectivity index (χ2v) is 6.57. The van der Waals surface area contributed by atoms with Crippen molar-refractivity contribution in [3.8, 4) is 6.07 Å². The van der Waals surface area contributed by atoms with E-state index >= 15 is 0 Å². The highest BCUT2D eigenvalue weighted by atomic mass is 35.5. The normalized spacial score (nSPS) is 23.1. The summed E-state index contributed by atoms with van der Waals surface area (Å²) in [6.07, 6.45) is 6.37. The van der Waals surface area contributed by atoms with Gasteiger partial charge in [-0.15, -0.1) is 0 Å². The Morgan fingerprint density at radius 1 is 1.25 bits per heavy atom. The zero-order valence-electron chi connectivity index (χ0n) is 12.3. The molecule has 1 fully saturated rings. The highest BCUT2D eigenvalue weighted by molar-refractivity contribution is 6.31. The number of anilines is 1. The summed E-state index contributed by atoms with van der Waals surface area (Å²) in [5.41, 5.74) is 1.56. The van der Waals surface area contributed by atoms with Gasteiger partial charge in [0.2, 0.25) is 0 Å². The molecule has 0 radical (unpaired) electrons. The van der Waals surface area contributed by atoms with Crippen molar-refractivity contribution in [1.29, 1.82) is 5.26 Å². The van der Waals surface area contributed by atoms with E-state index in [-0.39, 0.29) is 0 Å². The molecule has 20 heavy (non-hydrogen) atoms. The standard InChI is InChI=1S/C17H23ClN2/c1-12(2)13-4-3-5-15(7-6-13)20-16-8-9-17(18)14(10-16)11-19/h8-10,12-13,15,20H,3-7H2,1-2H3. The van der Waals surface area contributed by atoms with Crippen LogP contribution < -0.4 is 5.32 Å². The van der Waals surface area contributed by atoms with E-state index in [0.717, 1.165) is 17.5 Å². The van der Waals surface area contributed by atoms with Gasteiger partial charge in [-0.05, 0) is 49.3 Å². The van der Waals surface area contributed by atoms with Gasteiger partial charge in [0.25, 0.3) is 0 Å². The molecule has 1 saturated carbocycles. The van der Waals surface area contributed by atoms with E-state index in [0.29, 0.717) is 16.6 Å². The van der Waals surface area contributed by atoms with Gasteiger partial charge in [0, 0.05) is 11.7 Å². The van der Waals surface area contributed by atoms with Crippen molar-refractivity contribution < 1.29 is 0 Å². The predicted molar refractivity (Wildman–Crippen MR) is 85.0 cm³/mol. The summed E-state index contributed by atoms with van der Waals surface area (Å²) in [4.78, 5) is 0. The van der Waals surface area contributed by atoms with Gasteiger partial charge in [-0.3, -0.25) is 0 Å². The minimum absolute atomic E-state index is 0.520. The minimum Gasteiger partial charge on any atom is -0.382 e. The summed E-state index contributed by atoms with van der Waals surface area (Å²) < 4.78 is 0. The van der Waals surface area contributed by atoms with Crippen molar-refractivity contribution in [3.63, 3.8) is 0 Å². The van der Waals surface area contributed by atoms with Crippen LogP contribution in [0, 0.1) is 23.2 Å². The molecule has 0 saturated heterocycles. The lowest BCUT2D eigenvalue weighted by Crippen LogP contribution is -2.18. The minimum atomic E-state index is 0.520. The Hall–Kier alpha value is -1.20. The second-order valence-electron chi connectivity index (χ2n) is 6.16. The third-order valence-electron chi connectivity index (χ3n) is 4.41. The van der Waals surface area contributed by atoms with Crippen LogP contribution in [0.5, 0.6) is 0 Å². The molecule has 0 spiro atoms. The summed E-state index contributed by atoms with van der Waals surface area (Å²) in [7, 11) is 0. The van der Waals surface area contributed by atoms with Gasteiger partial charge in [0.05, 0.1) is 10.6 Å². The molecular formula is C17H23ClN2. The van der Waals surface area contributed by atoms with Crippen LogP contribution in [0.3, 0.4) is 0 Å². The van der Waals surface area contributed by atoms with Crippen molar-refractivity contribution in [1.82, 2.24) is 0 Å². The fourth-order valence-corrected chi connectivity index (χ4v) is 3.24. The maximum absolute atomic E-state index is 9.03. The summed E-state index contributed by atoms with van der Waals surface area (Å²) in [6, 6.07) is 8.28. The van der Waals surface area contributed by atoms with E-state index in [1.54, 1.807) is 6.07 Å². The number of nitrogens with zero attached hydrogens (tertiary/aromatic N) is 1. The first-order chi connectivity index (χ1) is 9.60. The molecule has 1 aliphatic carbocycles. The maximum Gasteiger partial charge on any atom is 0.101 e. The smallest absolute Gasteiger partial charge is 0.101 e. The summed E-state index contributed by atoms with van der Waals surface area (Å²) in [5.74, 6) is 1.65. The van der Waals surface area contributed by atoms with Crippen molar-refractivity contribution in [2.24, 2.45) is 11.8 Å². The van der Waals surface area contributed by atoms with E-state index in [9.17, 15) is 0 Å². The van der Waals surface area contributed by atoms with Gasteiger partial charge in [-0.1, -0.05) is 38.3 Å². The monoisotopic (exact) mass is 290 g/mol. The molecule has 1 aromatic rings. The zero-order valence-corrected chi connectivity index (χ0v) is 13.1. The molecule has 0 aliphatic heterocycles. The Morgan fingerprint density at radius 3 is 2.75 bits per heavy atom. The molecule has 1 aromatic carbocycles. The topological polar surface area (TPSA) is 35.8 Å². The molecule has 1 aliphatic rings. The van der Waals surface area contributed by atoms with E-state index in [1.165, 1.54) is 32.1 Å². The molecule has 108 valence electrons. The average Bonchev–Trinajstić information content (AvgIpc) is 2.66. The predicted octanol–water partition coefficient (Wildman–Crippen LogP) is 5.23. The third kappa shape index (κ3) is 3.90. The van der Waals surface area contributed by atoms with Crippen LogP contribution in [0.4, 0.5) is 5.69 Å². The quantitative estimate of drug-likeness (QED) is 0.774. The van der Waals surface area contributed by atoms with E-state index in [2.05, 4.69) is 25.2 Å². The number of halogens is 1. The zero-order chi connectivity index (χ0) is 14.5. The maximum atomic E-state index is 9.03. The fourth-order valence-electron chi connectivity index (χ4n) is 3.08. The number of nitrogens with one attached hydrogen (secondary N) is 1. The number of hydrogen-bond acceptors (Lipinski definition) is 2. The summed E-state index contributed by atoms with van der Waals surface area (Å²) in [5, 5.41) is 13.1. The number of hydrogen-bond donors (Lipinski definition) is 1. The van der Waals surface area contributed by atoms with E-state index in [1.807, 2.05) is 12.1 Å². The molecule has 0 amide bonds. The Morgan fingerprint density at radius 2 is 2.05 bits per heavy atom. The second kappa shape index (κ2) is 6.99. The summed E-state index contributed by atoms with van der Waals surface area (Å²) in [6.45, 7) is 4.66. The first kappa shape index (κ1) is 15.2. The molecule has 2 unspecified atom stereocenters. The number of nitriles is 1. The lowest BCUT2D eigenvalue weighted by atomic mass is 9.89. The lowest BCUT2D eigenvalue weighted by molar-refractivity contribution is 0.341. The molecule has 2 rings (SSSR count). The number of rotatable bonds is 3. The van der Waals surface area contributed by atoms with Crippen molar-refractivity contribution >= 4 is 17.3 Å². The van der Waals surface area contributed by atoms with E-state index in [4.69, 9.17) is 16.9 Å². The largest absolute Gasteiger partial charge is 0.382 e. The van der Waals surface area contributed by atoms with Crippen LogP contribution in [0.2, 0.25) is 5.02 Å². The van der Waals surface area contributed by atoms with Crippen LogP contribution in [0.1, 0.15) is 51.5 Å². The SMILES string of the molecule is CC(C)C1CCCC(Nc2ccc(Cl)c(C#N)c2)CC1. The highest BCUT2D eigenvalue weighted by Crippen LogP contribution is 2.30. The Bertz CT molecular complexity index is 490. The molecule has 0 heterocycles. The average molecular weight is 291 g/mol. The summed E-state index contributed by atoms with van der Waals surface area (Å²) >= 11 is 5.97. The number of benzene rings is 1. The Kier molecular flexibility index (Phi) is 5.31. The van der Waals surface area contributed by atoms with Gasteiger partial charge >= 0.3 is 0 Å². The first-order valence-electron chi connectivity index (χ1n) is 7.56. The van der Waals surface area contributed by atoms with Gasteiger partial charge in [0.1, 0.15) is 6.07 Å². The first-order valence-corrected chi connectivity index (χ1v) is 7.94. The fraction of sp³-hybridized carbons (Fsp3) is 0.588. The van der Waals surface area contributed by atoms with Crippen molar-refractivity contribution in [2.75, 3.05) is 5.32 Å². The van der Waals surface area contributed by atoms with Gasteiger partial charge in [0.15, 0.2) is 0 Å². The van der Waals surface area contributed by atoms with Crippen LogP contribution in [0.15, 0.2) is 18.2 Å². The molecule has 2 nitrogen and oxygen atoms in total. The molecule has 1 N–H and O–H groups in total. The van der Waals surface area contributed by atoms with E-state index < -0.39 is 0 Å². The Balaban J connectivity index is 1.98. The third-order valence-corrected chi connectivity index (χ3v) is 4.74. The van der Waals surface area contributed by atoms with Gasteiger partial charge in [-0.2, -0.15) is 5.26 Å². The lowest BCUT2D eigenvalue weighted by Gasteiger charge is -2.20. The van der Waals surface area contributed by atoms with Crippen LogP contribution >= 0.6 is 11.6 Å². The molecule has 3 heteroatoms. The van der Waals surface area contributed by atoms with Gasteiger partial charge < -0.3 is 5.32 Å². The van der Waals surface area contributed by atoms with Crippen molar-refractivity contribution in [3.05, 3.63) is 28.8 Å². The molecule has 2 atom stereocenters. The van der Waals surface area contributed by atoms with Crippen LogP contribution in [-0.4, -0.2) is 6.04 Å². The molecule has 0 bridgehead atoms. The van der Waals surface area contributed by atoms with Crippen LogP contribution in [0.25, 0.3) is 0 Å². The molecular weight excluding hydrogens is 268 g/mol. The highest BCUT2D eigenvalue weighted by Gasteiger charge is 2.20.